The number of carbonyl (C=O) groups excluding carboxylic acids is 1. The second kappa shape index (κ2) is 5.14. The van der Waals surface area contributed by atoms with Gasteiger partial charge in [-0.15, -0.1) is 0 Å². The molecule has 0 unspecified atom stereocenters. The molecule has 1 aromatic rings. The van der Waals surface area contributed by atoms with Gasteiger partial charge in [-0.25, -0.2) is 4.79 Å². The number of nitrogens with zero attached hydrogens (tertiary/aromatic N) is 1. The van der Waals surface area contributed by atoms with Gasteiger partial charge < -0.3 is 9.84 Å². The maximum atomic E-state index is 11.8. The summed E-state index contributed by atoms with van der Waals surface area (Å²) < 4.78 is 5.08. The smallest absolute Gasteiger partial charge is 0.345 e. The summed E-state index contributed by atoms with van der Waals surface area (Å²) in [7, 11) is 0. The molecule has 0 radical (unpaired) electrons. The first-order valence-electron chi connectivity index (χ1n) is 5.36. The van der Waals surface area contributed by atoms with Gasteiger partial charge in [-0.05, 0) is 32.4 Å². The van der Waals surface area contributed by atoms with E-state index in [4.69, 9.17) is 9.84 Å². The van der Waals surface area contributed by atoms with E-state index < -0.39 is 16.5 Å². The highest BCUT2D eigenvalue weighted by atomic mass is 16.6. The van der Waals surface area contributed by atoms with Crippen molar-refractivity contribution in [1.82, 2.24) is 0 Å². The molecule has 6 nitrogen and oxygen atoms in total. The zero-order valence-corrected chi connectivity index (χ0v) is 10.5. The van der Waals surface area contributed by atoms with Crippen molar-refractivity contribution in [3.8, 4) is 0 Å². The minimum absolute atomic E-state index is 0.118. The average Bonchev–Trinajstić information content (AvgIpc) is 2.25. The van der Waals surface area contributed by atoms with Gasteiger partial charge in [0.05, 0.1) is 11.5 Å². The Balaban J connectivity index is 3.16. The van der Waals surface area contributed by atoms with Gasteiger partial charge in [-0.1, -0.05) is 6.07 Å². The Morgan fingerprint density at radius 3 is 2.50 bits per heavy atom. The van der Waals surface area contributed by atoms with Gasteiger partial charge in [0.15, 0.2) is 0 Å². The van der Waals surface area contributed by atoms with Crippen molar-refractivity contribution >= 4 is 11.7 Å². The molecule has 18 heavy (non-hydrogen) atoms. The van der Waals surface area contributed by atoms with Crippen molar-refractivity contribution in [2.24, 2.45) is 0 Å². The second-order valence-corrected chi connectivity index (χ2v) is 4.77. The fourth-order valence-electron chi connectivity index (χ4n) is 1.33. The summed E-state index contributed by atoms with van der Waals surface area (Å²) in [5.74, 6) is -0.751. The molecule has 1 N–H and O–H groups in total. The van der Waals surface area contributed by atoms with E-state index in [1.165, 1.54) is 18.2 Å². The first-order chi connectivity index (χ1) is 8.24. The number of nitro benzene ring substituents is 1. The molecule has 0 amide bonds. The highest BCUT2D eigenvalue weighted by Gasteiger charge is 2.25. The molecule has 0 fully saturated rings. The number of aliphatic hydroxyl groups excluding tert-OH is 1. The fraction of sp³-hybridized carbons (Fsp3) is 0.417. The van der Waals surface area contributed by atoms with Gasteiger partial charge in [-0.2, -0.15) is 0 Å². The third-order valence-electron chi connectivity index (χ3n) is 2.06. The monoisotopic (exact) mass is 253 g/mol. The largest absolute Gasteiger partial charge is 0.456 e. The van der Waals surface area contributed by atoms with Crippen molar-refractivity contribution < 1.29 is 19.6 Å². The molecule has 1 aromatic carbocycles. The summed E-state index contributed by atoms with van der Waals surface area (Å²) in [6.07, 6.45) is 0. The SMILES string of the molecule is CC(C)(C)OC(=O)c1ccc(CO)cc1[N+](=O)[O-]. The third-order valence-corrected chi connectivity index (χ3v) is 2.06. The van der Waals surface area contributed by atoms with Gasteiger partial charge >= 0.3 is 5.97 Å². The van der Waals surface area contributed by atoms with Gasteiger partial charge in [0.25, 0.3) is 5.69 Å². The number of hydrogen-bond donors (Lipinski definition) is 1. The van der Waals surface area contributed by atoms with Crippen molar-refractivity contribution in [3.05, 3.63) is 39.4 Å². The Kier molecular flexibility index (Phi) is 4.03. The van der Waals surface area contributed by atoms with Crippen LogP contribution in [0.1, 0.15) is 36.7 Å². The number of esters is 1. The second-order valence-electron chi connectivity index (χ2n) is 4.77. The molecule has 0 aliphatic carbocycles. The number of nitro groups is 1. The lowest BCUT2D eigenvalue weighted by atomic mass is 10.1. The average molecular weight is 253 g/mol. The van der Waals surface area contributed by atoms with Crippen LogP contribution in [0.3, 0.4) is 0 Å². The molecule has 0 saturated carbocycles. The molecule has 0 aliphatic rings. The Morgan fingerprint density at radius 2 is 2.06 bits per heavy atom. The van der Waals surface area contributed by atoms with Crippen LogP contribution >= 0.6 is 0 Å². The standard InChI is InChI=1S/C12H15NO5/c1-12(2,3)18-11(15)9-5-4-8(7-14)6-10(9)13(16)17/h4-6,14H,7H2,1-3H3. The van der Waals surface area contributed by atoms with Gasteiger partial charge in [0.2, 0.25) is 0 Å². The maximum absolute atomic E-state index is 11.8. The van der Waals surface area contributed by atoms with Crippen LogP contribution in [0.5, 0.6) is 0 Å². The van der Waals surface area contributed by atoms with Crippen LogP contribution < -0.4 is 0 Å². The molecular weight excluding hydrogens is 238 g/mol. The van der Waals surface area contributed by atoms with E-state index in [9.17, 15) is 14.9 Å². The molecule has 1 rings (SSSR count). The van der Waals surface area contributed by atoms with Crippen LogP contribution in [0.2, 0.25) is 0 Å². The molecule has 0 atom stereocenters. The van der Waals surface area contributed by atoms with Crippen molar-refractivity contribution in [3.63, 3.8) is 0 Å². The summed E-state index contributed by atoms with van der Waals surface area (Å²) in [6, 6.07) is 3.91. The van der Waals surface area contributed by atoms with Crippen molar-refractivity contribution in [2.45, 2.75) is 33.0 Å². The lowest BCUT2D eigenvalue weighted by Gasteiger charge is -2.19. The van der Waals surface area contributed by atoms with Crippen LogP contribution in [0.25, 0.3) is 0 Å². The van der Waals surface area contributed by atoms with Crippen LogP contribution in [-0.2, 0) is 11.3 Å². The van der Waals surface area contributed by atoms with Crippen molar-refractivity contribution in [1.29, 1.82) is 0 Å². The molecule has 0 aromatic heterocycles. The van der Waals surface area contributed by atoms with E-state index in [-0.39, 0.29) is 17.9 Å². The zero-order chi connectivity index (χ0) is 13.9. The lowest BCUT2D eigenvalue weighted by molar-refractivity contribution is -0.385. The quantitative estimate of drug-likeness (QED) is 0.505. The number of rotatable bonds is 3. The number of benzene rings is 1. The topological polar surface area (TPSA) is 89.7 Å². The van der Waals surface area contributed by atoms with Crippen LogP contribution in [0.15, 0.2) is 18.2 Å². The number of carbonyl (C=O) groups is 1. The van der Waals surface area contributed by atoms with E-state index in [0.717, 1.165) is 0 Å². The summed E-state index contributed by atoms with van der Waals surface area (Å²) in [4.78, 5) is 22.0. The number of hydrogen-bond acceptors (Lipinski definition) is 5. The van der Waals surface area contributed by atoms with Crippen LogP contribution in [0.4, 0.5) is 5.69 Å². The highest BCUT2D eigenvalue weighted by molar-refractivity contribution is 5.94. The molecule has 0 bridgehead atoms. The summed E-state index contributed by atoms with van der Waals surface area (Å²) in [6.45, 7) is 4.71. The highest BCUT2D eigenvalue weighted by Crippen LogP contribution is 2.23. The van der Waals surface area contributed by atoms with Gasteiger partial charge in [0, 0.05) is 6.07 Å². The molecule has 0 saturated heterocycles. The number of aliphatic hydroxyl groups is 1. The molecule has 6 heteroatoms. The Bertz CT molecular complexity index is 476. The maximum Gasteiger partial charge on any atom is 0.345 e. The fourth-order valence-corrected chi connectivity index (χ4v) is 1.33. The van der Waals surface area contributed by atoms with Crippen LogP contribution in [-0.4, -0.2) is 21.6 Å². The van der Waals surface area contributed by atoms with Gasteiger partial charge in [-0.3, -0.25) is 10.1 Å². The first kappa shape index (κ1) is 14.1. The van der Waals surface area contributed by atoms with E-state index in [0.29, 0.717) is 5.56 Å². The van der Waals surface area contributed by atoms with E-state index in [2.05, 4.69) is 0 Å². The summed E-state index contributed by atoms with van der Waals surface area (Å²) >= 11 is 0. The first-order valence-corrected chi connectivity index (χ1v) is 5.36. The molecule has 0 heterocycles. The van der Waals surface area contributed by atoms with Crippen molar-refractivity contribution in [2.75, 3.05) is 0 Å². The Labute approximate surface area is 104 Å². The van der Waals surface area contributed by atoms with E-state index in [1.54, 1.807) is 20.8 Å². The molecule has 98 valence electrons. The predicted molar refractivity (Wildman–Crippen MR) is 64.2 cm³/mol. The molecule has 0 spiro atoms. The Morgan fingerprint density at radius 1 is 1.44 bits per heavy atom. The van der Waals surface area contributed by atoms with E-state index >= 15 is 0 Å². The molecule has 0 aliphatic heterocycles. The number of ether oxygens (including phenoxy) is 1. The minimum Gasteiger partial charge on any atom is -0.456 e. The predicted octanol–water partition coefficient (Wildman–Crippen LogP) is 2.04. The third kappa shape index (κ3) is 3.53. The van der Waals surface area contributed by atoms with Gasteiger partial charge in [0.1, 0.15) is 11.2 Å². The minimum atomic E-state index is -0.751. The summed E-state index contributed by atoms with van der Waals surface area (Å²) in [5, 5.41) is 19.8. The Hall–Kier alpha value is -1.95. The summed E-state index contributed by atoms with van der Waals surface area (Å²) in [5.41, 5.74) is -0.836. The van der Waals surface area contributed by atoms with Crippen LogP contribution in [0, 0.1) is 10.1 Å². The normalized spacial score (nSPS) is 11.1. The molecular formula is C12H15NO5. The van der Waals surface area contributed by atoms with E-state index in [1.807, 2.05) is 0 Å². The zero-order valence-electron chi connectivity index (χ0n) is 10.5. The lowest BCUT2D eigenvalue weighted by Crippen LogP contribution is -2.24.